The van der Waals surface area contributed by atoms with Gasteiger partial charge >= 0.3 is 0 Å². The second-order valence-corrected chi connectivity index (χ2v) is 5.10. The Morgan fingerprint density at radius 3 is 2.65 bits per heavy atom. The molecule has 0 radical (unpaired) electrons. The second kappa shape index (κ2) is 6.84. The van der Waals surface area contributed by atoms with E-state index in [-0.39, 0.29) is 18.4 Å². The molecule has 0 aliphatic heterocycles. The van der Waals surface area contributed by atoms with Gasteiger partial charge in [-0.3, -0.25) is 0 Å². The molecule has 0 fully saturated rings. The molecule has 1 atom stereocenters. The number of halogens is 1. The highest BCUT2D eigenvalue weighted by atomic mass is 35.5. The summed E-state index contributed by atoms with van der Waals surface area (Å²) in [5.74, 6) is 0.746. The third kappa shape index (κ3) is 4.94. The summed E-state index contributed by atoms with van der Waals surface area (Å²) in [6.45, 7) is 4.83. The average Bonchev–Trinajstić information content (AvgIpc) is 2.28. The lowest BCUT2D eigenvalue weighted by molar-refractivity contribution is 0.223. The molecule has 0 saturated heterocycles. The zero-order valence-electron chi connectivity index (χ0n) is 10.3. The third-order valence-corrected chi connectivity index (χ3v) is 2.83. The summed E-state index contributed by atoms with van der Waals surface area (Å²) in [5, 5.41) is 22.7. The first-order valence-corrected chi connectivity index (χ1v) is 6.22. The van der Waals surface area contributed by atoms with Crippen LogP contribution in [0.25, 0.3) is 0 Å². The number of aliphatic hydroxyl groups excluding tert-OH is 1. The van der Waals surface area contributed by atoms with Crippen molar-refractivity contribution >= 4 is 11.6 Å². The fourth-order valence-electron chi connectivity index (χ4n) is 1.74. The van der Waals surface area contributed by atoms with E-state index < -0.39 is 0 Å². The second-order valence-electron chi connectivity index (χ2n) is 4.66. The fraction of sp³-hybridized carbons (Fsp3) is 0.538. The maximum atomic E-state index is 9.64. The Morgan fingerprint density at radius 2 is 2.06 bits per heavy atom. The SMILES string of the molecule is CC(C)C[C@@H](CO)NCc1cc(Cl)ccc1O. The molecule has 3 N–H and O–H groups in total. The first kappa shape index (κ1) is 14.3. The van der Waals surface area contributed by atoms with Crippen LogP contribution in [0.4, 0.5) is 0 Å². The monoisotopic (exact) mass is 257 g/mol. The lowest BCUT2D eigenvalue weighted by Crippen LogP contribution is -2.33. The van der Waals surface area contributed by atoms with Gasteiger partial charge in [0.1, 0.15) is 5.75 Å². The van der Waals surface area contributed by atoms with Crippen LogP contribution in [0, 0.1) is 5.92 Å². The Hall–Kier alpha value is -0.770. The van der Waals surface area contributed by atoms with Crippen molar-refractivity contribution < 1.29 is 10.2 Å². The zero-order valence-corrected chi connectivity index (χ0v) is 11.0. The number of benzene rings is 1. The van der Waals surface area contributed by atoms with E-state index in [1.807, 2.05) is 0 Å². The van der Waals surface area contributed by atoms with Crippen LogP contribution in [0.3, 0.4) is 0 Å². The molecule has 4 heteroatoms. The van der Waals surface area contributed by atoms with E-state index in [1.165, 1.54) is 0 Å². The summed E-state index contributed by atoms with van der Waals surface area (Å²) in [5.41, 5.74) is 0.750. The van der Waals surface area contributed by atoms with Gasteiger partial charge in [-0.2, -0.15) is 0 Å². The molecule has 0 bridgehead atoms. The number of phenols is 1. The van der Waals surface area contributed by atoms with E-state index in [9.17, 15) is 10.2 Å². The molecule has 96 valence electrons. The minimum atomic E-state index is 0.0494. The fourth-order valence-corrected chi connectivity index (χ4v) is 1.94. The highest BCUT2D eigenvalue weighted by Gasteiger charge is 2.10. The predicted octanol–water partition coefficient (Wildman–Crippen LogP) is 2.54. The largest absolute Gasteiger partial charge is 0.508 e. The Morgan fingerprint density at radius 1 is 1.35 bits per heavy atom. The van der Waals surface area contributed by atoms with Crippen molar-refractivity contribution in [1.82, 2.24) is 5.32 Å². The molecule has 0 unspecified atom stereocenters. The van der Waals surface area contributed by atoms with E-state index >= 15 is 0 Å². The van der Waals surface area contributed by atoms with Crippen molar-refractivity contribution in [2.24, 2.45) is 5.92 Å². The van der Waals surface area contributed by atoms with Gasteiger partial charge in [0.05, 0.1) is 6.61 Å². The number of hydrogen-bond acceptors (Lipinski definition) is 3. The van der Waals surface area contributed by atoms with Gasteiger partial charge in [-0.25, -0.2) is 0 Å². The van der Waals surface area contributed by atoms with E-state index in [0.717, 1.165) is 12.0 Å². The van der Waals surface area contributed by atoms with Crippen molar-refractivity contribution in [3.63, 3.8) is 0 Å². The lowest BCUT2D eigenvalue weighted by atomic mass is 10.0. The van der Waals surface area contributed by atoms with Crippen LogP contribution in [-0.4, -0.2) is 22.9 Å². The number of aromatic hydroxyl groups is 1. The van der Waals surface area contributed by atoms with Gasteiger partial charge in [0.25, 0.3) is 0 Å². The molecular weight excluding hydrogens is 238 g/mol. The molecule has 0 aliphatic rings. The van der Waals surface area contributed by atoms with Crippen LogP contribution in [0.5, 0.6) is 5.75 Å². The molecule has 3 nitrogen and oxygen atoms in total. The third-order valence-electron chi connectivity index (χ3n) is 2.60. The van der Waals surface area contributed by atoms with Gasteiger partial charge in [-0.1, -0.05) is 25.4 Å². The van der Waals surface area contributed by atoms with E-state index in [2.05, 4.69) is 19.2 Å². The normalized spacial score (nSPS) is 13.0. The Balaban J connectivity index is 2.56. The van der Waals surface area contributed by atoms with Crippen LogP contribution in [0.1, 0.15) is 25.8 Å². The van der Waals surface area contributed by atoms with Crippen LogP contribution >= 0.6 is 11.6 Å². The first-order valence-electron chi connectivity index (χ1n) is 5.84. The van der Waals surface area contributed by atoms with Crippen molar-refractivity contribution in [3.05, 3.63) is 28.8 Å². The number of rotatable bonds is 6. The molecule has 0 aliphatic carbocycles. The van der Waals surface area contributed by atoms with Crippen molar-refractivity contribution in [3.8, 4) is 5.75 Å². The molecule has 1 aromatic rings. The smallest absolute Gasteiger partial charge is 0.120 e. The Labute approximate surface area is 107 Å². The van der Waals surface area contributed by atoms with Gasteiger partial charge in [-0.15, -0.1) is 0 Å². The Kier molecular flexibility index (Phi) is 5.75. The minimum absolute atomic E-state index is 0.0494. The molecule has 17 heavy (non-hydrogen) atoms. The molecule has 0 saturated carbocycles. The maximum Gasteiger partial charge on any atom is 0.120 e. The first-order chi connectivity index (χ1) is 8.02. The van der Waals surface area contributed by atoms with E-state index in [4.69, 9.17) is 11.6 Å². The van der Waals surface area contributed by atoms with Gasteiger partial charge in [-0.05, 0) is 30.5 Å². The number of hydrogen-bond donors (Lipinski definition) is 3. The van der Waals surface area contributed by atoms with Crippen molar-refractivity contribution in [1.29, 1.82) is 0 Å². The molecule has 0 heterocycles. The summed E-state index contributed by atoms with van der Waals surface area (Å²) in [6.07, 6.45) is 0.901. The van der Waals surface area contributed by atoms with E-state index in [1.54, 1.807) is 18.2 Å². The molecule has 1 rings (SSSR count). The topological polar surface area (TPSA) is 52.5 Å². The average molecular weight is 258 g/mol. The summed E-state index contributed by atoms with van der Waals surface area (Å²) < 4.78 is 0. The van der Waals surface area contributed by atoms with Gasteiger partial charge in [0.15, 0.2) is 0 Å². The highest BCUT2D eigenvalue weighted by Crippen LogP contribution is 2.21. The van der Waals surface area contributed by atoms with Gasteiger partial charge in [0.2, 0.25) is 0 Å². The number of aliphatic hydroxyl groups is 1. The molecule has 0 spiro atoms. The van der Waals surface area contributed by atoms with Crippen LogP contribution in [0.2, 0.25) is 5.02 Å². The number of phenolic OH excluding ortho intramolecular Hbond substituents is 1. The molecular formula is C13H20ClNO2. The maximum absolute atomic E-state index is 9.64. The van der Waals surface area contributed by atoms with Crippen molar-refractivity contribution in [2.75, 3.05) is 6.61 Å². The number of nitrogens with one attached hydrogen (secondary N) is 1. The van der Waals surface area contributed by atoms with Gasteiger partial charge in [0, 0.05) is 23.2 Å². The standard InChI is InChI=1S/C13H20ClNO2/c1-9(2)5-12(8-16)15-7-10-6-11(14)3-4-13(10)17/h3-4,6,9,12,15-17H,5,7-8H2,1-2H3/t12-/m0/s1. The molecule has 1 aromatic carbocycles. The highest BCUT2D eigenvalue weighted by molar-refractivity contribution is 6.30. The molecule has 0 amide bonds. The Bertz CT molecular complexity index is 355. The quantitative estimate of drug-likeness (QED) is 0.734. The summed E-state index contributed by atoms with van der Waals surface area (Å²) in [6, 6.07) is 5.01. The summed E-state index contributed by atoms with van der Waals surface area (Å²) >= 11 is 5.86. The zero-order chi connectivity index (χ0) is 12.8. The minimum Gasteiger partial charge on any atom is -0.508 e. The van der Waals surface area contributed by atoms with Crippen LogP contribution in [-0.2, 0) is 6.54 Å². The van der Waals surface area contributed by atoms with Crippen LogP contribution in [0.15, 0.2) is 18.2 Å². The predicted molar refractivity (Wildman–Crippen MR) is 70.3 cm³/mol. The molecule has 0 aromatic heterocycles. The van der Waals surface area contributed by atoms with E-state index in [0.29, 0.717) is 17.5 Å². The van der Waals surface area contributed by atoms with Crippen molar-refractivity contribution in [2.45, 2.75) is 32.9 Å². The summed E-state index contributed by atoms with van der Waals surface area (Å²) in [4.78, 5) is 0. The lowest BCUT2D eigenvalue weighted by Gasteiger charge is -2.18. The summed E-state index contributed by atoms with van der Waals surface area (Å²) in [7, 11) is 0. The van der Waals surface area contributed by atoms with Gasteiger partial charge < -0.3 is 15.5 Å². The van der Waals surface area contributed by atoms with Crippen LogP contribution < -0.4 is 5.32 Å².